The number of nitrogens with zero attached hydrogens (tertiary/aromatic N) is 2. The van der Waals surface area contributed by atoms with Gasteiger partial charge in [-0.25, -0.2) is 14.4 Å². The van der Waals surface area contributed by atoms with Crippen LogP contribution in [-0.2, 0) is 0 Å². The van der Waals surface area contributed by atoms with E-state index in [0.717, 1.165) is 0 Å². The SMILES string of the molecule is COc1ccccc1Nc1cc(C(=O)Nc2ccc(F)c(Cl)c2)ncn1. The third kappa shape index (κ3) is 4.07. The summed E-state index contributed by atoms with van der Waals surface area (Å²) >= 11 is 5.71. The van der Waals surface area contributed by atoms with Gasteiger partial charge in [-0.2, -0.15) is 0 Å². The Morgan fingerprint density at radius 2 is 1.96 bits per heavy atom. The van der Waals surface area contributed by atoms with Crippen molar-refractivity contribution in [3.05, 3.63) is 71.4 Å². The largest absolute Gasteiger partial charge is 0.495 e. The first-order valence-corrected chi connectivity index (χ1v) is 7.93. The minimum Gasteiger partial charge on any atom is -0.495 e. The summed E-state index contributed by atoms with van der Waals surface area (Å²) in [6.07, 6.45) is 1.27. The molecule has 1 aromatic heterocycles. The zero-order valence-corrected chi connectivity index (χ0v) is 14.4. The molecule has 0 unspecified atom stereocenters. The van der Waals surface area contributed by atoms with E-state index in [2.05, 4.69) is 20.6 Å². The predicted molar refractivity (Wildman–Crippen MR) is 97.7 cm³/mol. The van der Waals surface area contributed by atoms with Gasteiger partial charge >= 0.3 is 0 Å². The smallest absolute Gasteiger partial charge is 0.274 e. The number of anilines is 3. The van der Waals surface area contributed by atoms with Gasteiger partial charge in [0, 0.05) is 11.8 Å². The number of nitrogens with one attached hydrogen (secondary N) is 2. The molecule has 0 fully saturated rings. The first-order chi connectivity index (χ1) is 12.6. The summed E-state index contributed by atoms with van der Waals surface area (Å²) in [7, 11) is 1.56. The van der Waals surface area contributed by atoms with Crippen molar-refractivity contribution in [3.8, 4) is 5.75 Å². The Kier molecular flexibility index (Phi) is 5.28. The molecule has 0 radical (unpaired) electrons. The molecule has 2 N–H and O–H groups in total. The summed E-state index contributed by atoms with van der Waals surface area (Å²) in [5.74, 6) is 0.0259. The molecule has 1 heterocycles. The highest BCUT2D eigenvalue weighted by Crippen LogP contribution is 2.26. The number of para-hydroxylation sites is 2. The zero-order chi connectivity index (χ0) is 18.5. The highest BCUT2D eigenvalue weighted by molar-refractivity contribution is 6.31. The van der Waals surface area contributed by atoms with Crippen molar-refractivity contribution in [1.29, 1.82) is 0 Å². The van der Waals surface area contributed by atoms with E-state index in [0.29, 0.717) is 22.9 Å². The second kappa shape index (κ2) is 7.79. The first kappa shape index (κ1) is 17.6. The number of carbonyl (C=O) groups excluding carboxylic acids is 1. The van der Waals surface area contributed by atoms with Crippen molar-refractivity contribution in [3.63, 3.8) is 0 Å². The van der Waals surface area contributed by atoms with Gasteiger partial charge in [0.15, 0.2) is 0 Å². The molecule has 1 amide bonds. The lowest BCUT2D eigenvalue weighted by Crippen LogP contribution is -2.14. The number of amides is 1. The number of carbonyl (C=O) groups is 1. The summed E-state index contributed by atoms with van der Waals surface area (Å²) in [5, 5.41) is 5.60. The molecule has 0 bridgehead atoms. The van der Waals surface area contributed by atoms with Crippen LogP contribution in [0.15, 0.2) is 54.9 Å². The third-order valence-electron chi connectivity index (χ3n) is 3.45. The molecular weight excluding hydrogens is 359 g/mol. The van der Waals surface area contributed by atoms with E-state index in [1.54, 1.807) is 13.2 Å². The molecule has 0 aliphatic carbocycles. The topological polar surface area (TPSA) is 76.1 Å². The van der Waals surface area contributed by atoms with Crippen LogP contribution in [0.25, 0.3) is 0 Å². The monoisotopic (exact) mass is 372 g/mol. The van der Waals surface area contributed by atoms with Gasteiger partial charge in [-0.3, -0.25) is 4.79 Å². The summed E-state index contributed by atoms with van der Waals surface area (Å²) in [6.45, 7) is 0. The molecule has 0 saturated carbocycles. The van der Waals surface area contributed by atoms with E-state index in [9.17, 15) is 9.18 Å². The van der Waals surface area contributed by atoms with Gasteiger partial charge in [-0.1, -0.05) is 23.7 Å². The van der Waals surface area contributed by atoms with Crippen LogP contribution >= 0.6 is 11.6 Å². The quantitative estimate of drug-likeness (QED) is 0.699. The Labute approximate surface area is 154 Å². The number of methoxy groups -OCH3 is 1. The maximum Gasteiger partial charge on any atom is 0.274 e. The number of hydrogen-bond acceptors (Lipinski definition) is 5. The lowest BCUT2D eigenvalue weighted by atomic mass is 10.2. The summed E-state index contributed by atoms with van der Waals surface area (Å²) in [5.41, 5.74) is 1.20. The average Bonchev–Trinajstić information content (AvgIpc) is 2.65. The van der Waals surface area contributed by atoms with E-state index >= 15 is 0 Å². The molecule has 0 spiro atoms. The van der Waals surface area contributed by atoms with Crippen molar-refractivity contribution in [1.82, 2.24) is 9.97 Å². The number of benzene rings is 2. The van der Waals surface area contributed by atoms with Crippen LogP contribution in [0.1, 0.15) is 10.5 Å². The highest BCUT2D eigenvalue weighted by Gasteiger charge is 2.11. The summed E-state index contributed by atoms with van der Waals surface area (Å²) < 4.78 is 18.5. The molecule has 0 atom stereocenters. The molecule has 0 aliphatic rings. The van der Waals surface area contributed by atoms with Gasteiger partial charge in [0.1, 0.15) is 29.4 Å². The predicted octanol–water partition coefficient (Wildman–Crippen LogP) is 4.27. The van der Waals surface area contributed by atoms with Crippen LogP contribution in [-0.4, -0.2) is 23.0 Å². The molecule has 2 aromatic carbocycles. The van der Waals surface area contributed by atoms with Crippen LogP contribution in [0.5, 0.6) is 5.75 Å². The van der Waals surface area contributed by atoms with E-state index in [1.165, 1.54) is 30.6 Å². The van der Waals surface area contributed by atoms with Gasteiger partial charge < -0.3 is 15.4 Å². The Morgan fingerprint density at radius 3 is 2.73 bits per heavy atom. The van der Waals surface area contributed by atoms with Gasteiger partial charge in [0.25, 0.3) is 5.91 Å². The van der Waals surface area contributed by atoms with Crippen molar-refractivity contribution in [2.45, 2.75) is 0 Å². The molecule has 8 heteroatoms. The Bertz CT molecular complexity index is 952. The van der Waals surface area contributed by atoms with Crippen molar-refractivity contribution in [2.75, 3.05) is 17.7 Å². The minimum absolute atomic E-state index is 0.0796. The fourth-order valence-electron chi connectivity index (χ4n) is 2.20. The molecule has 132 valence electrons. The zero-order valence-electron chi connectivity index (χ0n) is 13.7. The maximum atomic E-state index is 13.2. The molecule has 3 rings (SSSR count). The van der Waals surface area contributed by atoms with E-state index in [4.69, 9.17) is 16.3 Å². The normalized spacial score (nSPS) is 10.3. The summed E-state index contributed by atoms with van der Waals surface area (Å²) in [4.78, 5) is 20.4. The number of halogens is 2. The van der Waals surface area contributed by atoms with Crippen molar-refractivity contribution in [2.24, 2.45) is 0 Å². The summed E-state index contributed by atoms with van der Waals surface area (Å²) in [6, 6.07) is 12.7. The van der Waals surface area contributed by atoms with E-state index < -0.39 is 11.7 Å². The minimum atomic E-state index is -0.560. The second-order valence-corrected chi connectivity index (χ2v) is 5.60. The van der Waals surface area contributed by atoms with Crippen LogP contribution in [0.3, 0.4) is 0 Å². The van der Waals surface area contributed by atoms with E-state index in [1.807, 2.05) is 18.2 Å². The fourth-order valence-corrected chi connectivity index (χ4v) is 2.39. The van der Waals surface area contributed by atoms with Crippen LogP contribution in [0.2, 0.25) is 5.02 Å². The number of aromatic nitrogens is 2. The van der Waals surface area contributed by atoms with Gasteiger partial charge in [-0.15, -0.1) is 0 Å². The molecule has 0 saturated heterocycles. The van der Waals surface area contributed by atoms with Crippen LogP contribution < -0.4 is 15.4 Å². The molecule has 0 aliphatic heterocycles. The Morgan fingerprint density at radius 1 is 1.15 bits per heavy atom. The number of rotatable bonds is 5. The van der Waals surface area contributed by atoms with Crippen molar-refractivity contribution < 1.29 is 13.9 Å². The maximum absolute atomic E-state index is 13.2. The van der Waals surface area contributed by atoms with Gasteiger partial charge in [0.2, 0.25) is 0 Å². The lowest BCUT2D eigenvalue weighted by molar-refractivity contribution is 0.102. The highest BCUT2D eigenvalue weighted by atomic mass is 35.5. The van der Waals surface area contributed by atoms with Crippen LogP contribution in [0, 0.1) is 5.82 Å². The lowest BCUT2D eigenvalue weighted by Gasteiger charge is -2.11. The third-order valence-corrected chi connectivity index (χ3v) is 3.74. The van der Waals surface area contributed by atoms with Crippen molar-refractivity contribution >= 4 is 34.7 Å². The molecule has 26 heavy (non-hydrogen) atoms. The number of hydrogen-bond donors (Lipinski definition) is 2. The fraction of sp³-hybridized carbons (Fsp3) is 0.0556. The van der Waals surface area contributed by atoms with E-state index in [-0.39, 0.29) is 10.7 Å². The second-order valence-electron chi connectivity index (χ2n) is 5.20. The molecule has 3 aromatic rings. The first-order valence-electron chi connectivity index (χ1n) is 7.55. The van der Waals surface area contributed by atoms with Gasteiger partial charge in [-0.05, 0) is 30.3 Å². The Balaban J connectivity index is 1.78. The number of ether oxygens (including phenoxy) is 1. The van der Waals surface area contributed by atoms with Crippen LogP contribution in [0.4, 0.5) is 21.6 Å². The molecule has 6 nitrogen and oxygen atoms in total. The standard InChI is InChI=1S/C18H14ClFN4O2/c1-26-16-5-3-2-4-14(16)24-17-9-15(21-10-22-17)18(25)23-11-6-7-13(20)12(19)8-11/h2-10H,1H3,(H,23,25)(H,21,22,24). The van der Waals surface area contributed by atoms with Gasteiger partial charge in [0.05, 0.1) is 17.8 Å². The molecular formula is C18H14ClFN4O2. The average molecular weight is 373 g/mol. The Hall–Kier alpha value is -3.19.